The van der Waals surface area contributed by atoms with Crippen LogP contribution in [0.3, 0.4) is 0 Å². The van der Waals surface area contributed by atoms with Gasteiger partial charge in [-0.15, -0.1) is 0 Å². The van der Waals surface area contributed by atoms with E-state index < -0.39 is 0 Å². The van der Waals surface area contributed by atoms with Gasteiger partial charge in [0.05, 0.1) is 6.54 Å². The van der Waals surface area contributed by atoms with Crippen LogP contribution in [0.2, 0.25) is 0 Å². The summed E-state index contributed by atoms with van der Waals surface area (Å²) >= 11 is 2.07. The van der Waals surface area contributed by atoms with Crippen molar-refractivity contribution in [3.05, 3.63) is 29.8 Å². The van der Waals surface area contributed by atoms with Gasteiger partial charge in [-0.05, 0) is 43.2 Å². The van der Waals surface area contributed by atoms with Gasteiger partial charge < -0.3 is 15.5 Å². The van der Waals surface area contributed by atoms with Crippen LogP contribution >= 0.6 is 11.8 Å². The third-order valence-corrected chi connectivity index (χ3v) is 5.14. The standard InChI is InChI=1S/C17H28N4S/c1-4-18-17(20-13-16-6-5-11-22-16)19-12-14-7-9-15(10-8-14)21(2)3/h7-10,16H,4-6,11-13H2,1-3H3,(H2,18,19,20). The number of hydrogen-bond acceptors (Lipinski definition) is 3. The van der Waals surface area contributed by atoms with Crippen molar-refractivity contribution in [3.63, 3.8) is 0 Å². The number of guanidine groups is 1. The fourth-order valence-electron chi connectivity index (χ4n) is 2.43. The number of benzene rings is 1. The van der Waals surface area contributed by atoms with Crippen molar-refractivity contribution in [2.75, 3.05) is 37.8 Å². The number of aliphatic imine (C=N–C) groups is 1. The summed E-state index contributed by atoms with van der Waals surface area (Å²) < 4.78 is 0. The molecule has 1 fully saturated rings. The van der Waals surface area contributed by atoms with Gasteiger partial charge in [0.25, 0.3) is 0 Å². The van der Waals surface area contributed by atoms with E-state index in [4.69, 9.17) is 4.99 Å². The van der Waals surface area contributed by atoms with Crippen molar-refractivity contribution in [1.82, 2.24) is 10.6 Å². The smallest absolute Gasteiger partial charge is 0.191 e. The molecule has 1 aliphatic heterocycles. The van der Waals surface area contributed by atoms with Crippen LogP contribution < -0.4 is 15.5 Å². The van der Waals surface area contributed by atoms with Gasteiger partial charge in [0.2, 0.25) is 0 Å². The molecule has 1 heterocycles. The first kappa shape index (κ1) is 17.0. The predicted octanol–water partition coefficient (Wildman–Crippen LogP) is 2.70. The highest BCUT2D eigenvalue weighted by Crippen LogP contribution is 2.25. The number of thioether (sulfide) groups is 1. The Morgan fingerprint density at radius 2 is 2.05 bits per heavy atom. The largest absolute Gasteiger partial charge is 0.378 e. The molecule has 22 heavy (non-hydrogen) atoms. The van der Waals surface area contributed by atoms with Gasteiger partial charge in [-0.25, -0.2) is 4.99 Å². The van der Waals surface area contributed by atoms with Crippen molar-refractivity contribution in [2.24, 2.45) is 4.99 Å². The second kappa shape index (κ2) is 8.93. The minimum Gasteiger partial charge on any atom is -0.378 e. The summed E-state index contributed by atoms with van der Waals surface area (Å²) in [7, 11) is 4.11. The van der Waals surface area contributed by atoms with E-state index >= 15 is 0 Å². The Labute approximate surface area is 138 Å². The summed E-state index contributed by atoms with van der Waals surface area (Å²) in [5, 5.41) is 7.54. The molecule has 1 aromatic rings. The molecule has 1 atom stereocenters. The van der Waals surface area contributed by atoms with Gasteiger partial charge >= 0.3 is 0 Å². The molecule has 1 unspecified atom stereocenters. The average molecular weight is 321 g/mol. The third-order valence-electron chi connectivity index (χ3n) is 3.74. The Morgan fingerprint density at radius 3 is 2.64 bits per heavy atom. The molecule has 1 aromatic carbocycles. The van der Waals surface area contributed by atoms with Crippen molar-refractivity contribution in [3.8, 4) is 0 Å². The van der Waals surface area contributed by atoms with E-state index in [2.05, 4.69) is 72.6 Å². The molecule has 0 bridgehead atoms. The van der Waals surface area contributed by atoms with E-state index in [0.29, 0.717) is 6.54 Å². The number of anilines is 1. The molecule has 122 valence electrons. The van der Waals surface area contributed by atoms with Gasteiger partial charge in [-0.1, -0.05) is 12.1 Å². The second-order valence-corrected chi connectivity index (χ2v) is 7.18. The molecule has 2 N–H and O–H groups in total. The highest BCUT2D eigenvalue weighted by Gasteiger charge is 2.15. The van der Waals surface area contributed by atoms with Crippen LogP contribution in [0.5, 0.6) is 0 Å². The lowest BCUT2D eigenvalue weighted by Crippen LogP contribution is -2.40. The average Bonchev–Trinajstić information content (AvgIpc) is 3.04. The van der Waals surface area contributed by atoms with Crippen molar-refractivity contribution < 1.29 is 0 Å². The van der Waals surface area contributed by atoms with Crippen LogP contribution in [0, 0.1) is 0 Å². The molecule has 1 saturated heterocycles. The van der Waals surface area contributed by atoms with Crippen molar-refractivity contribution in [1.29, 1.82) is 0 Å². The van der Waals surface area contributed by atoms with Crippen LogP contribution in [0.4, 0.5) is 5.69 Å². The molecule has 2 rings (SSSR count). The molecular weight excluding hydrogens is 292 g/mol. The lowest BCUT2D eigenvalue weighted by molar-refractivity contribution is 0.727. The SMILES string of the molecule is CCNC(=NCc1ccc(N(C)C)cc1)NCC1CCCS1. The molecule has 0 aliphatic carbocycles. The summed E-state index contributed by atoms with van der Waals surface area (Å²) in [5.74, 6) is 2.23. The fourth-order valence-corrected chi connectivity index (χ4v) is 3.63. The molecule has 4 nitrogen and oxygen atoms in total. The molecule has 0 amide bonds. The molecule has 1 aliphatic rings. The van der Waals surface area contributed by atoms with Gasteiger partial charge in [0.1, 0.15) is 0 Å². The van der Waals surface area contributed by atoms with Gasteiger partial charge in [-0.3, -0.25) is 0 Å². The zero-order chi connectivity index (χ0) is 15.8. The van der Waals surface area contributed by atoms with E-state index in [1.165, 1.54) is 29.8 Å². The lowest BCUT2D eigenvalue weighted by Gasteiger charge is -2.15. The summed E-state index contributed by atoms with van der Waals surface area (Å²) in [4.78, 5) is 6.80. The van der Waals surface area contributed by atoms with E-state index in [-0.39, 0.29) is 0 Å². The second-order valence-electron chi connectivity index (χ2n) is 5.77. The normalized spacial score (nSPS) is 18.3. The maximum atomic E-state index is 4.69. The zero-order valence-corrected chi connectivity index (χ0v) is 14.7. The van der Waals surface area contributed by atoms with Gasteiger partial charge in [-0.2, -0.15) is 11.8 Å². The number of nitrogens with zero attached hydrogens (tertiary/aromatic N) is 2. The minimum absolute atomic E-state index is 0.709. The van der Waals surface area contributed by atoms with Crippen molar-refractivity contribution >= 4 is 23.4 Å². The summed E-state index contributed by atoms with van der Waals surface area (Å²) in [6.45, 7) is 4.72. The first-order chi connectivity index (χ1) is 10.7. The molecule has 0 spiro atoms. The molecule has 0 radical (unpaired) electrons. The quantitative estimate of drug-likeness (QED) is 0.624. The molecule has 0 saturated carbocycles. The van der Waals surface area contributed by atoms with Crippen LogP contribution in [0.1, 0.15) is 25.3 Å². The summed E-state index contributed by atoms with van der Waals surface area (Å²) in [6, 6.07) is 8.57. The number of hydrogen-bond donors (Lipinski definition) is 2. The Hall–Kier alpha value is -1.36. The van der Waals surface area contributed by atoms with Crippen LogP contribution in [-0.2, 0) is 6.54 Å². The molecule has 5 heteroatoms. The Bertz CT molecular complexity index is 464. The summed E-state index contributed by atoms with van der Waals surface area (Å²) in [6.07, 6.45) is 2.67. The Kier molecular flexibility index (Phi) is 6.90. The molecule has 0 aromatic heterocycles. The monoisotopic (exact) mass is 320 g/mol. The van der Waals surface area contributed by atoms with Crippen molar-refractivity contribution in [2.45, 2.75) is 31.6 Å². The molecular formula is C17H28N4S. The topological polar surface area (TPSA) is 39.7 Å². The van der Waals surface area contributed by atoms with E-state index in [0.717, 1.165) is 24.3 Å². The van der Waals surface area contributed by atoms with Crippen LogP contribution in [0.15, 0.2) is 29.3 Å². The van der Waals surface area contributed by atoms with E-state index in [1.54, 1.807) is 0 Å². The predicted molar refractivity (Wildman–Crippen MR) is 99.1 cm³/mol. The number of nitrogens with one attached hydrogen (secondary N) is 2. The Morgan fingerprint density at radius 1 is 1.27 bits per heavy atom. The Balaban J connectivity index is 1.87. The maximum absolute atomic E-state index is 4.69. The lowest BCUT2D eigenvalue weighted by atomic mass is 10.2. The van der Waals surface area contributed by atoms with Crippen LogP contribution in [0.25, 0.3) is 0 Å². The fraction of sp³-hybridized carbons (Fsp3) is 0.588. The van der Waals surface area contributed by atoms with E-state index in [1.807, 2.05) is 0 Å². The highest BCUT2D eigenvalue weighted by atomic mass is 32.2. The van der Waals surface area contributed by atoms with Gasteiger partial charge in [0, 0.05) is 38.1 Å². The summed E-state index contributed by atoms with van der Waals surface area (Å²) in [5.41, 5.74) is 2.45. The van der Waals surface area contributed by atoms with Crippen LogP contribution in [-0.4, -0.2) is 44.1 Å². The number of rotatable bonds is 6. The highest BCUT2D eigenvalue weighted by molar-refractivity contribution is 8.00. The first-order valence-corrected chi connectivity index (χ1v) is 9.14. The first-order valence-electron chi connectivity index (χ1n) is 8.09. The van der Waals surface area contributed by atoms with E-state index in [9.17, 15) is 0 Å². The zero-order valence-electron chi connectivity index (χ0n) is 13.9. The third kappa shape index (κ3) is 5.44. The minimum atomic E-state index is 0.709. The van der Waals surface area contributed by atoms with Gasteiger partial charge in [0.15, 0.2) is 5.96 Å². The maximum Gasteiger partial charge on any atom is 0.191 e.